The minimum atomic E-state index is -0.907. The van der Waals surface area contributed by atoms with Crippen molar-refractivity contribution in [2.24, 2.45) is 0 Å². The fourth-order valence-corrected chi connectivity index (χ4v) is 4.39. The molecule has 1 aliphatic heterocycles. The predicted molar refractivity (Wildman–Crippen MR) is 115 cm³/mol. The van der Waals surface area contributed by atoms with Gasteiger partial charge in [0.25, 0.3) is 0 Å². The van der Waals surface area contributed by atoms with Gasteiger partial charge in [-0.3, -0.25) is 4.79 Å². The smallest absolute Gasteiger partial charge is 0.312 e. The zero-order valence-electron chi connectivity index (χ0n) is 18.3. The number of quaternary nitrogens is 1. The molecule has 1 N–H and O–H groups in total. The molecule has 2 aromatic carbocycles. The van der Waals surface area contributed by atoms with Crippen molar-refractivity contribution in [3.8, 4) is 11.8 Å². The fraction of sp³-hybridized carbons (Fsp3) is 0.423. The Morgan fingerprint density at radius 1 is 1.16 bits per heavy atom. The number of fused-ring (bicyclic) bond motifs is 2. The van der Waals surface area contributed by atoms with Crippen molar-refractivity contribution in [2.45, 2.75) is 57.6 Å². The molecule has 0 radical (unpaired) electrons. The van der Waals surface area contributed by atoms with Crippen LogP contribution in [0.2, 0.25) is 0 Å². The summed E-state index contributed by atoms with van der Waals surface area (Å²) < 4.78 is 32.7. The van der Waals surface area contributed by atoms with Gasteiger partial charge in [0.1, 0.15) is 12.1 Å². The lowest BCUT2D eigenvalue weighted by Gasteiger charge is -2.32. The molecule has 5 heteroatoms. The number of hydrogen-bond acceptors (Lipinski definition) is 2. The number of rotatable bonds is 3. The van der Waals surface area contributed by atoms with Crippen molar-refractivity contribution >= 4 is 5.97 Å². The number of hydrogen-bond donors (Lipinski definition) is 1. The molecule has 1 heterocycles. The number of esters is 1. The largest absolute Gasteiger partial charge is 0.460 e. The molecular weight excluding hydrogens is 396 g/mol. The molecule has 3 nitrogen and oxygen atoms in total. The summed E-state index contributed by atoms with van der Waals surface area (Å²) in [6.07, 6.45) is 2.68. The van der Waals surface area contributed by atoms with Gasteiger partial charge >= 0.3 is 5.97 Å². The van der Waals surface area contributed by atoms with Gasteiger partial charge in [0.05, 0.1) is 25.1 Å². The average molecular weight is 425 g/mol. The van der Waals surface area contributed by atoms with Gasteiger partial charge in [0.15, 0.2) is 11.6 Å². The molecule has 1 unspecified atom stereocenters. The molecule has 2 aliphatic rings. The molecule has 2 aromatic rings. The van der Waals surface area contributed by atoms with E-state index in [-0.39, 0.29) is 16.9 Å². The van der Waals surface area contributed by atoms with Crippen LogP contribution in [0, 0.1) is 23.5 Å². The SMILES string of the molecule is CC(C)(C)OC(=O)CC[NH+]1Cc2ccc(C#Cc3cccc(F)c3F)cc2C2(CC2)C1. The number of benzene rings is 2. The summed E-state index contributed by atoms with van der Waals surface area (Å²) >= 11 is 0. The standard InChI is InChI=1S/C26H27F2NO2/c1-25(2,3)31-23(30)11-14-29-16-20-10-8-18(15-21(20)26(17-29)12-13-26)7-9-19-5-4-6-22(27)24(19)28/h4-6,8,10,15H,11-14,16-17H2,1-3H3/p+1. The van der Waals surface area contributed by atoms with E-state index in [2.05, 4.69) is 24.0 Å². The van der Waals surface area contributed by atoms with Crippen LogP contribution >= 0.6 is 0 Å². The Bertz CT molecular complexity index is 1070. The lowest BCUT2D eigenvalue weighted by Crippen LogP contribution is -3.12. The third-order valence-corrected chi connectivity index (χ3v) is 5.96. The minimum Gasteiger partial charge on any atom is -0.460 e. The second kappa shape index (κ2) is 8.09. The van der Waals surface area contributed by atoms with Crippen LogP contribution in [-0.2, 0) is 21.5 Å². The molecule has 1 atom stereocenters. The maximum Gasteiger partial charge on any atom is 0.312 e. The highest BCUT2D eigenvalue weighted by Gasteiger charge is 2.51. The molecule has 0 aromatic heterocycles. The van der Waals surface area contributed by atoms with Gasteiger partial charge in [-0.05, 0) is 63.4 Å². The topological polar surface area (TPSA) is 30.7 Å². The van der Waals surface area contributed by atoms with Crippen molar-refractivity contribution < 1.29 is 23.2 Å². The van der Waals surface area contributed by atoms with Crippen molar-refractivity contribution in [3.05, 3.63) is 70.3 Å². The normalized spacial score (nSPS) is 18.7. The van der Waals surface area contributed by atoms with Crippen LogP contribution in [-0.4, -0.2) is 24.7 Å². The van der Waals surface area contributed by atoms with Gasteiger partial charge in [0.2, 0.25) is 0 Å². The first kappa shape index (κ1) is 21.5. The van der Waals surface area contributed by atoms with Gasteiger partial charge in [0, 0.05) is 16.5 Å². The first-order valence-electron chi connectivity index (χ1n) is 10.8. The molecule has 1 saturated carbocycles. The number of carbonyl (C=O) groups excluding carboxylic acids is 1. The van der Waals surface area contributed by atoms with Crippen LogP contribution in [0.4, 0.5) is 8.78 Å². The molecule has 162 valence electrons. The van der Waals surface area contributed by atoms with Crippen LogP contribution < -0.4 is 4.90 Å². The molecule has 0 saturated heterocycles. The van der Waals surface area contributed by atoms with Gasteiger partial charge in [-0.1, -0.05) is 24.0 Å². The fourth-order valence-electron chi connectivity index (χ4n) is 4.39. The monoisotopic (exact) mass is 424 g/mol. The number of ether oxygens (including phenoxy) is 1. The van der Waals surface area contributed by atoms with Crippen LogP contribution in [0.3, 0.4) is 0 Å². The van der Waals surface area contributed by atoms with Gasteiger partial charge in [-0.25, -0.2) is 8.78 Å². The van der Waals surface area contributed by atoms with Crippen LogP contribution in [0.25, 0.3) is 0 Å². The first-order chi connectivity index (χ1) is 14.7. The van der Waals surface area contributed by atoms with Crippen molar-refractivity contribution in [2.75, 3.05) is 13.1 Å². The van der Waals surface area contributed by atoms with E-state index >= 15 is 0 Å². The quantitative estimate of drug-likeness (QED) is 0.604. The van der Waals surface area contributed by atoms with Crippen LogP contribution in [0.15, 0.2) is 36.4 Å². The average Bonchev–Trinajstić information content (AvgIpc) is 3.46. The van der Waals surface area contributed by atoms with E-state index < -0.39 is 17.2 Å². The second-order valence-corrected chi connectivity index (χ2v) is 9.69. The summed E-state index contributed by atoms with van der Waals surface area (Å²) in [6.45, 7) is 8.28. The van der Waals surface area contributed by atoms with E-state index in [1.54, 1.807) is 0 Å². The molecule has 4 rings (SSSR count). The highest BCUT2D eigenvalue weighted by molar-refractivity contribution is 5.69. The third kappa shape index (κ3) is 4.97. The molecular formula is C26H28F2NO2+. The Labute approximate surface area is 182 Å². The Kier molecular flexibility index (Phi) is 5.61. The predicted octanol–water partition coefficient (Wildman–Crippen LogP) is 3.53. The van der Waals surface area contributed by atoms with Crippen molar-refractivity contribution in [1.82, 2.24) is 0 Å². The lowest BCUT2D eigenvalue weighted by molar-refractivity contribution is -0.918. The van der Waals surface area contributed by atoms with Crippen LogP contribution in [0.5, 0.6) is 0 Å². The molecule has 1 fully saturated rings. The van der Waals surface area contributed by atoms with E-state index in [0.717, 1.165) is 44.1 Å². The maximum absolute atomic E-state index is 13.9. The summed E-state index contributed by atoms with van der Waals surface area (Å²) in [4.78, 5) is 13.5. The van der Waals surface area contributed by atoms with Gasteiger partial charge in [-0.15, -0.1) is 0 Å². The van der Waals surface area contributed by atoms with E-state index in [4.69, 9.17) is 4.74 Å². The Hall–Kier alpha value is -2.71. The maximum atomic E-state index is 13.9. The van der Waals surface area contributed by atoms with Crippen molar-refractivity contribution in [3.63, 3.8) is 0 Å². The highest BCUT2D eigenvalue weighted by atomic mass is 19.2. The first-order valence-corrected chi connectivity index (χ1v) is 10.8. The Balaban J connectivity index is 1.48. The number of nitrogens with one attached hydrogen (secondary N) is 1. The summed E-state index contributed by atoms with van der Waals surface area (Å²) in [7, 11) is 0. The number of carbonyl (C=O) groups is 1. The molecule has 1 aliphatic carbocycles. The Morgan fingerprint density at radius 3 is 2.65 bits per heavy atom. The molecule has 1 spiro atoms. The summed E-state index contributed by atoms with van der Waals surface area (Å²) in [5.74, 6) is 3.82. The molecule has 0 bridgehead atoms. The molecule has 0 amide bonds. The van der Waals surface area contributed by atoms with Gasteiger partial charge < -0.3 is 9.64 Å². The zero-order valence-corrected chi connectivity index (χ0v) is 18.3. The number of halogens is 2. The summed E-state index contributed by atoms with van der Waals surface area (Å²) in [6, 6.07) is 10.2. The molecule has 31 heavy (non-hydrogen) atoms. The van der Waals surface area contributed by atoms with Crippen molar-refractivity contribution in [1.29, 1.82) is 0 Å². The van der Waals surface area contributed by atoms with E-state index in [9.17, 15) is 13.6 Å². The minimum absolute atomic E-state index is 0.0663. The summed E-state index contributed by atoms with van der Waals surface area (Å²) in [5, 5.41) is 0. The van der Waals surface area contributed by atoms with E-state index in [1.165, 1.54) is 28.2 Å². The summed E-state index contributed by atoms with van der Waals surface area (Å²) in [5.41, 5.74) is 3.18. The highest BCUT2D eigenvalue weighted by Crippen LogP contribution is 2.49. The zero-order chi connectivity index (χ0) is 22.2. The van der Waals surface area contributed by atoms with E-state index in [0.29, 0.717) is 6.42 Å². The van der Waals surface area contributed by atoms with Crippen LogP contribution in [0.1, 0.15) is 62.3 Å². The third-order valence-electron chi connectivity index (χ3n) is 5.96. The van der Waals surface area contributed by atoms with Gasteiger partial charge in [-0.2, -0.15) is 0 Å². The lowest BCUT2D eigenvalue weighted by atomic mass is 9.85. The second-order valence-electron chi connectivity index (χ2n) is 9.69. The van der Waals surface area contributed by atoms with E-state index in [1.807, 2.05) is 26.8 Å². The Morgan fingerprint density at radius 2 is 1.94 bits per heavy atom.